The number of halogens is 2. The van der Waals surface area contributed by atoms with E-state index in [1.807, 2.05) is 6.07 Å². The van der Waals surface area contributed by atoms with Gasteiger partial charge in [0.25, 0.3) is 0 Å². The van der Waals surface area contributed by atoms with Crippen molar-refractivity contribution < 1.29 is 18.3 Å². The van der Waals surface area contributed by atoms with Crippen molar-refractivity contribution in [2.45, 2.75) is 37.8 Å². The first-order valence-electron chi connectivity index (χ1n) is 9.93. The predicted molar refractivity (Wildman–Crippen MR) is 109 cm³/mol. The lowest BCUT2D eigenvalue weighted by Crippen LogP contribution is -2.31. The molecule has 1 aromatic carbocycles. The zero-order valence-corrected chi connectivity index (χ0v) is 16.6. The molecule has 1 aliphatic carbocycles. The standard InChI is InChI=1S/C23H20F2N4O2/c24-21-6-1-14(8-22(21)25)15-7-20(13-28-12-15)30-19-9-17(11-26)29-23(10-19)31-18-4-2-16(27)3-5-18/h1,6-10,12-13,16,18H,2-5,27H2. The Labute approximate surface area is 178 Å². The molecule has 4 rings (SSSR count). The van der Waals surface area contributed by atoms with Crippen LogP contribution >= 0.6 is 0 Å². The average Bonchev–Trinajstić information content (AvgIpc) is 2.77. The Morgan fingerprint density at radius 2 is 1.74 bits per heavy atom. The minimum Gasteiger partial charge on any atom is -0.474 e. The van der Waals surface area contributed by atoms with Crippen LogP contribution in [0.4, 0.5) is 8.78 Å². The molecule has 0 saturated heterocycles. The van der Waals surface area contributed by atoms with Crippen LogP contribution in [0.25, 0.3) is 11.1 Å². The van der Waals surface area contributed by atoms with Gasteiger partial charge in [0, 0.05) is 29.9 Å². The number of pyridine rings is 2. The number of ether oxygens (including phenoxy) is 2. The minimum atomic E-state index is -0.943. The molecule has 0 amide bonds. The van der Waals surface area contributed by atoms with Crippen molar-refractivity contribution in [3.63, 3.8) is 0 Å². The summed E-state index contributed by atoms with van der Waals surface area (Å²) in [7, 11) is 0. The molecule has 1 aliphatic rings. The number of hydrogen-bond acceptors (Lipinski definition) is 6. The summed E-state index contributed by atoms with van der Waals surface area (Å²) in [5.74, 6) is -0.830. The van der Waals surface area contributed by atoms with Crippen LogP contribution in [0.5, 0.6) is 17.4 Å². The van der Waals surface area contributed by atoms with Gasteiger partial charge in [-0.25, -0.2) is 13.8 Å². The summed E-state index contributed by atoms with van der Waals surface area (Å²) in [5.41, 5.74) is 7.11. The van der Waals surface area contributed by atoms with Gasteiger partial charge in [-0.1, -0.05) is 6.07 Å². The number of hydrogen-bond donors (Lipinski definition) is 1. The lowest BCUT2D eigenvalue weighted by atomic mass is 9.94. The van der Waals surface area contributed by atoms with E-state index in [-0.39, 0.29) is 17.8 Å². The number of benzene rings is 1. The van der Waals surface area contributed by atoms with Gasteiger partial charge in [-0.15, -0.1) is 0 Å². The SMILES string of the molecule is N#Cc1cc(Oc2cncc(-c3ccc(F)c(F)c3)c2)cc(OC2CCC(N)CC2)n1. The Balaban J connectivity index is 1.55. The summed E-state index contributed by atoms with van der Waals surface area (Å²) in [4.78, 5) is 8.31. The van der Waals surface area contributed by atoms with Crippen molar-refractivity contribution >= 4 is 0 Å². The molecule has 3 aromatic rings. The second-order valence-electron chi connectivity index (χ2n) is 7.43. The number of nitriles is 1. The van der Waals surface area contributed by atoms with Crippen molar-refractivity contribution in [1.29, 1.82) is 5.26 Å². The van der Waals surface area contributed by atoms with Crippen LogP contribution in [0.2, 0.25) is 0 Å². The topological polar surface area (TPSA) is 94.0 Å². The molecule has 0 aliphatic heterocycles. The quantitative estimate of drug-likeness (QED) is 0.639. The van der Waals surface area contributed by atoms with Gasteiger partial charge < -0.3 is 15.2 Å². The van der Waals surface area contributed by atoms with E-state index in [4.69, 9.17) is 15.2 Å². The summed E-state index contributed by atoms with van der Waals surface area (Å²) in [6, 6.07) is 10.6. The largest absolute Gasteiger partial charge is 0.474 e. The monoisotopic (exact) mass is 422 g/mol. The van der Waals surface area contributed by atoms with Crippen LogP contribution in [0.3, 0.4) is 0 Å². The highest BCUT2D eigenvalue weighted by molar-refractivity contribution is 5.64. The normalized spacial score (nSPS) is 18.3. The summed E-state index contributed by atoms with van der Waals surface area (Å²) in [5, 5.41) is 9.32. The van der Waals surface area contributed by atoms with E-state index in [1.165, 1.54) is 24.5 Å². The van der Waals surface area contributed by atoms with Gasteiger partial charge >= 0.3 is 0 Å². The van der Waals surface area contributed by atoms with Crippen LogP contribution in [0.15, 0.2) is 48.8 Å². The van der Waals surface area contributed by atoms with Gasteiger partial charge in [0.15, 0.2) is 11.6 Å². The summed E-state index contributed by atoms with van der Waals surface area (Å²) >= 11 is 0. The molecule has 8 heteroatoms. The average molecular weight is 422 g/mol. The maximum atomic E-state index is 13.6. The van der Waals surface area contributed by atoms with E-state index in [0.717, 1.165) is 37.8 Å². The lowest BCUT2D eigenvalue weighted by molar-refractivity contribution is 0.141. The third kappa shape index (κ3) is 5.13. The van der Waals surface area contributed by atoms with Crippen LogP contribution < -0.4 is 15.2 Å². The number of rotatable bonds is 5. The molecule has 0 radical (unpaired) electrons. The second-order valence-corrected chi connectivity index (χ2v) is 7.43. The van der Waals surface area contributed by atoms with E-state index < -0.39 is 11.6 Å². The van der Waals surface area contributed by atoms with Gasteiger partial charge in [0.1, 0.15) is 29.4 Å². The molecule has 2 N–H and O–H groups in total. The molecule has 2 aromatic heterocycles. The lowest BCUT2D eigenvalue weighted by Gasteiger charge is -2.26. The molecule has 0 unspecified atom stereocenters. The van der Waals surface area contributed by atoms with Crippen LogP contribution in [0.1, 0.15) is 31.4 Å². The highest BCUT2D eigenvalue weighted by atomic mass is 19.2. The van der Waals surface area contributed by atoms with Crippen molar-refractivity contribution in [2.75, 3.05) is 0 Å². The summed E-state index contributed by atoms with van der Waals surface area (Å²) in [6.07, 6.45) is 6.43. The summed E-state index contributed by atoms with van der Waals surface area (Å²) < 4.78 is 38.6. The first-order chi connectivity index (χ1) is 15.0. The summed E-state index contributed by atoms with van der Waals surface area (Å²) in [6.45, 7) is 0. The van der Waals surface area contributed by atoms with Gasteiger partial charge in [-0.2, -0.15) is 5.26 Å². The Hall–Kier alpha value is -3.57. The van der Waals surface area contributed by atoms with E-state index >= 15 is 0 Å². The molecule has 31 heavy (non-hydrogen) atoms. The zero-order valence-electron chi connectivity index (χ0n) is 16.6. The Morgan fingerprint density at radius 1 is 0.935 bits per heavy atom. The predicted octanol–water partition coefficient (Wildman–Crippen LogP) is 4.73. The fraction of sp³-hybridized carbons (Fsp3) is 0.261. The molecular formula is C23H20F2N4O2. The molecule has 0 bridgehead atoms. The molecular weight excluding hydrogens is 402 g/mol. The van der Waals surface area contributed by atoms with Crippen molar-refractivity contribution in [3.05, 3.63) is 66.1 Å². The first-order valence-corrected chi connectivity index (χ1v) is 9.93. The zero-order chi connectivity index (χ0) is 21.8. The van der Waals surface area contributed by atoms with Gasteiger partial charge in [0.2, 0.25) is 5.88 Å². The molecule has 0 atom stereocenters. The van der Waals surface area contributed by atoms with E-state index in [2.05, 4.69) is 9.97 Å². The number of nitrogens with two attached hydrogens (primary N) is 1. The van der Waals surface area contributed by atoms with Crippen molar-refractivity contribution in [2.24, 2.45) is 5.73 Å². The van der Waals surface area contributed by atoms with Crippen molar-refractivity contribution in [3.8, 4) is 34.6 Å². The molecule has 1 fully saturated rings. The highest BCUT2D eigenvalue weighted by Gasteiger charge is 2.21. The van der Waals surface area contributed by atoms with E-state index in [0.29, 0.717) is 28.5 Å². The Morgan fingerprint density at radius 3 is 2.48 bits per heavy atom. The van der Waals surface area contributed by atoms with Gasteiger partial charge in [0.05, 0.1) is 6.20 Å². The third-order valence-electron chi connectivity index (χ3n) is 5.10. The van der Waals surface area contributed by atoms with Gasteiger partial charge in [-0.05, 0) is 49.4 Å². The van der Waals surface area contributed by atoms with E-state index in [1.54, 1.807) is 12.1 Å². The molecule has 158 valence electrons. The Kier molecular flexibility index (Phi) is 6.05. The van der Waals surface area contributed by atoms with Gasteiger partial charge in [-0.3, -0.25) is 4.98 Å². The van der Waals surface area contributed by atoms with Crippen molar-refractivity contribution in [1.82, 2.24) is 9.97 Å². The second kappa shape index (κ2) is 9.06. The molecule has 2 heterocycles. The van der Waals surface area contributed by atoms with E-state index in [9.17, 15) is 14.0 Å². The maximum absolute atomic E-state index is 13.6. The maximum Gasteiger partial charge on any atom is 0.218 e. The Bertz CT molecular complexity index is 1120. The molecule has 6 nitrogen and oxygen atoms in total. The number of nitrogens with zero attached hydrogens (tertiary/aromatic N) is 3. The van der Waals surface area contributed by atoms with Crippen LogP contribution in [-0.2, 0) is 0 Å². The fourth-order valence-corrected chi connectivity index (χ4v) is 3.48. The number of aromatic nitrogens is 2. The van der Waals surface area contributed by atoms with Crippen LogP contribution in [0, 0.1) is 23.0 Å². The highest BCUT2D eigenvalue weighted by Crippen LogP contribution is 2.30. The smallest absolute Gasteiger partial charge is 0.218 e. The van der Waals surface area contributed by atoms with Crippen LogP contribution in [-0.4, -0.2) is 22.1 Å². The molecule has 0 spiro atoms. The third-order valence-corrected chi connectivity index (χ3v) is 5.10. The molecule has 1 saturated carbocycles. The minimum absolute atomic E-state index is 0.00698. The fourth-order valence-electron chi connectivity index (χ4n) is 3.48. The first kappa shape index (κ1) is 20.7.